The van der Waals surface area contributed by atoms with Gasteiger partial charge < -0.3 is 0 Å². The van der Waals surface area contributed by atoms with Gasteiger partial charge in [-0.05, 0) is 0 Å². The van der Waals surface area contributed by atoms with E-state index >= 15 is 0 Å². The first-order valence-electron chi connectivity index (χ1n) is 2.69. The average molecular weight is 229 g/mol. The maximum absolute atomic E-state index is 10.7. The quantitative estimate of drug-likeness (QED) is 0.678. The maximum atomic E-state index is 10.7. The number of benzene rings is 1. The van der Waals surface area contributed by atoms with Gasteiger partial charge in [-0.1, -0.05) is 0 Å². The van der Waals surface area contributed by atoms with Crippen molar-refractivity contribution in [1.82, 2.24) is 0 Å². The predicted octanol–water partition coefficient (Wildman–Crippen LogP) is 1.31. The van der Waals surface area contributed by atoms with Crippen LogP contribution in [0.25, 0.3) is 0 Å². The van der Waals surface area contributed by atoms with Crippen molar-refractivity contribution in [3.63, 3.8) is 0 Å². The summed E-state index contributed by atoms with van der Waals surface area (Å²) in [6.07, 6.45) is 0. The van der Waals surface area contributed by atoms with Crippen LogP contribution < -0.4 is 0 Å². The predicted molar refractivity (Wildman–Crippen MR) is 31.9 cm³/mol. The number of carbonyl (C=O) groups excluding carboxylic acids is 1. The molecule has 0 bridgehead atoms. The number of hydrogen-bond donors (Lipinski definition) is 0. The molecule has 0 saturated heterocycles. The average Bonchev–Trinajstić information content (AvgIpc) is 2.05. The number of carbonyl (C=O) groups is 1. The molecule has 1 aromatic rings. The minimum atomic E-state index is -0.376. The normalized spacial score (nSPS) is 9.00. The molecule has 0 radical (unpaired) electrons. The summed E-state index contributed by atoms with van der Waals surface area (Å²) in [5.41, 5.74) is 0.540. The van der Waals surface area contributed by atoms with Crippen molar-refractivity contribution in [2.24, 2.45) is 0 Å². The molecular formula is C7H5AgO2. The summed E-state index contributed by atoms with van der Waals surface area (Å²) in [4.78, 5) is 10.7. The van der Waals surface area contributed by atoms with Crippen molar-refractivity contribution in [2.45, 2.75) is 0 Å². The topological polar surface area (TPSA) is 26.3 Å². The van der Waals surface area contributed by atoms with Crippen LogP contribution in [0.3, 0.4) is 0 Å². The van der Waals surface area contributed by atoms with Crippen molar-refractivity contribution < 1.29 is 29.5 Å². The van der Waals surface area contributed by atoms with Gasteiger partial charge in [-0.2, -0.15) is 0 Å². The molecule has 2 nitrogen and oxygen atoms in total. The van der Waals surface area contributed by atoms with Gasteiger partial charge in [0.15, 0.2) is 0 Å². The first-order chi connectivity index (χ1) is 4.84. The van der Waals surface area contributed by atoms with Crippen molar-refractivity contribution in [3.05, 3.63) is 35.9 Å². The fraction of sp³-hybridized carbons (Fsp3) is 0. The fourth-order valence-corrected chi connectivity index (χ4v) is 0.784. The molecule has 56 valence electrons. The van der Waals surface area contributed by atoms with Crippen LogP contribution in [0, 0.1) is 0 Å². The van der Waals surface area contributed by atoms with Gasteiger partial charge in [0, 0.05) is 0 Å². The van der Waals surface area contributed by atoms with E-state index in [1.807, 2.05) is 6.07 Å². The Kier molecular flexibility index (Phi) is 2.68. The molecule has 0 aliphatic rings. The van der Waals surface area contributed by atoms with E-state index in [1.165, 1.54) is 0 Å². The molecule has 0 unspecified atom stereocenters. The summed E-state index contributed by atoms with van der Waals surface area (Å²) in [6, 6.07) is 8.76. The zero-order valence-electron chi connectivity index (χ0n) is 5.00. The molecule has 0 spiro atoms. The van der Waals surface area contributed by atoms with Crippen molar-refractivity contribution in [1.29, 1.82) is 0 Å². The summed E-state index contributed by atoms with van der Waals surface area (Å²) < 4.78 is 4.31. The van der Waals surface area contributed by atoms with E-state index in [4.69, 9.17) is 0 Å². The molecule has 1 rings (SSSR count). The third kappa shape index (κ3) is 1.70. The molecule has 0 atom stereocenters. The summed E-state index contributed by atoms with van der Waals surface area (Å²) >= 11 is 2.62. The Hall–Kier alpha value is -0.570. The molecule has 0 heterocycles. The van der Waals surface area contributed by atoms with E-state index < -0.39 is 0 Å². The second-order valence-electron chi connectivity index (χ2n) is 1.72. The van der Waals surface area contributed by atoms with Crippen LogP contribution in [-0.4, -0.2) is 5.97 Å². The van der Waals surface area contributed by atoms with Gasteiger partial charge in [0.2, 0.25) is 0 Å². The van der Waals surface area contributed by atoms with E-state index in [0.717, 1.165) is 0 Å². The van der Waals surface area contributed by atoms with E-state index in [0.29, 0.717) is 5.56 Å². The second kappa shape index (κ2) is 3.56. The first kappa shape index (κ1) is 7.54. The molecule has 1 aromatic carbocycles. The third-order valence-corrected chi connectivity index (χ3v) is 1.34. The molecular weight excluding hydrogens is 224 g/mol. The molecule has 0 N–H and O–H groups in total. The number of rotatable bonds is 1. The molecule has 0 fully saturated rings. The Bertz CT molecular complexity index is 220. The summed E-state index contributed by atoms with van der Waals surface area (Å²) in [6.45, 7) is 0. The Morgan fingerprint density at radius 1 is 1.30 bits per heavy atom. The molecule has 10 heavy (non-hydrogen) atoms. The fourth-order valence-electron chi connectivity index (χ4n) is 0.610. The molecule has 0 aromatic heterocycles. The number of hydrogen-bond acceptors (Lipinski definition) is 2. The standard InChI is InChI=1S/C7H6O2.Ag/c8-7(9)6-4-2-1-3-5-6;/h1-5H,(H,8,9);/q;+1/p-1. The van der Waals surface area contributed by atoms with E-state index in [-0.39, 0.29) is 5.97 Å². The zero-order valence-corrected chi connectivity index (χ0v) is 6.49. The van der Waals surface area contributed by atoms with Crippen LogP contribution in [0.5, 0.6) is 0 Å². The monoisotopic (exact) mass is 228 g/mol. The Balaban J connectivity index is 2.85. The van der Waals surface area contributed by atoms with Crippen molar-refractivity contribution in [2.75, 3.05) is 0 Å². The van der Waals surface area contributed by atoms with E-state index in [2.05, 4.69) is 24.7 Å². The minimum absolute atomic E-state index is 0.376. The van der Waals surface area contributed by atoms with Gasteiger partial charge in [-0.15, -0.1) is 0 Å². The van der Waals surface area contributed by atoms with E-state index in [1.54, 1.807) is 24.3 Å². The van der Waals surface area contributed by atoms with Crippen LogP contribution in [0.4, 0.5) is 0 Å². The summed E-state index contributed by atoms with van der Waals surface area (Å²) in [7, 11) is 0. The molecule has 0 aliphatic carbocycles. The summed E-state index contributed by atoms with van der Waals surface area (Å²) in [5.74, 6) is -0.376. The van der Waals surface area contributed by atoms with Crippen LogP contribution in [-0.2, 0) is 24.7 Å². The molecule has 0 amide bonds. The molecule has 3 heteroatoms. The van der Waals surface area contributed by atoms with Crippen molar-refractivity contribution >= 4 is 5.97 Å². The summed E-state index contributed by atoms with van der Waals surface area (Å²) in [5, 5.41) is 0. The second-order valence-corrected chi connectivity index (χ2v) is 2.02. The van der Waals surface area contributed by atoms with Gasteiger partial charge in [0.25, 0.3) is 0 Å². The zero-order chi connectivity index (χ0) is 7.40. The Morgan fingerprint density at radius 2 is 1.90 bits per heavy atom. The van der Waals surface area contributed by atoms with Gasteiger partial charge in [0.05, 0.1) is 0 Å². The van der Waals surface area contributed by atoms with Gasteiger partial charge in [-0.25, -0.2) is 0 Å². The van der Waals surface area contributed by atoms with Gasteiger partial charge in [0.1, 0.15) is 0 Å². The van der Waals surface area contributed by atoms with Crippen molar-refractivity contribution in [3.8, 4) is 0 Å². The molecule has 0 aliphatic heterocycles. The SMILES string of the molecule is O=C([O][Ag])c1ccccc1. The Labute approximate surface area is 71.6 Å². The van der Waals surface area contributed by atoms with Crippen LogP contribution in [0.15, 0.2) is 30.3 Å². The van der Waals surface area contributed by atoms with E-state index in [9.17, 15) is 4.79 Å². The first-order valence-corrected chi connectivity index (χ1v) is 3.30. The van der Waals surface area contributed by atoms with Crippen LogP contribution >= 0.6 is 0 Å². The Morgan fingerprint density at radius 3 is 2.40 bits per heavy atom. The van der Waals surface area contributed by atoms with Gasteiger partial charge >= 0.3 is 71.4 Å². The third-order valence-electron chi connectivity index (χ3n) is 1.07. The van der Waals surface area contributed by atoms with Crippen LogP contribution in [0.2, 0.25) is 0 Å². The molecule has 0 saturated carbocycles. The van der Waals surface area contributed by atoms with Crippen LogP contribution in [0.1, 0.15) is 10.4 Å². The van der Waals surface area contributed by atoms with Gasteiger partial charge in [-0.3, -0.25) is 0 Å².